The molecule has 1 aromatic rings. The van der Waals surface area contributed by atoms with E-state index in [9.17, 15) is 9.18 Å². The van der Waals surface area contributed by atoms with E-state index < -0.39 is 0 Å². The molecule has 0 spiro atoms. The molecule has 1 saturated heterocycles. The normalized spacial score (nSPS) is 15.7. The quantitative estimate of drug-likeness (QED) is 0.856. The van der Waals surface area contributed by atoms with Crippen molar-refractivity contribution in [1.82, 2.24) is 9.80 Å². The van der Waals surface area contributed by atoms with E-state index in [0.717, 1.165) is 26.1 Å². The Kier molecular flexibility index (Phi) is 4.97. The molecular formula is C15H18FN3O. The van der Waals surface area contributed by atoms with Gasteiger partial charge in [-0.05, 0) is 24.3 Å². The number of carbonyl (C=O) groups excluding carboxylic acids is 1. The highest BCUT2D eigenvalue weighted by atomic mass is 19.1. The molecule has 0 bridgehead atoms. The topological polar surface area (TPSA) is 35.6 Å². The third-order valence-corrected chi connectivity index (χ3v) is 3.33. The molecule has 0 saturated carbocycles. The summed E-state index contributed by atoms with van der Waals surface area (Å²) in [6.45, 7) is 3.90. The van der Waals surface area contributed by atoms with E-state index >= 15 is 0 Å². The number of anilines is 1. The minimum atomic E-state index is -0.315. The first-order chi connectivity index (χ1) is 9.69. The predicted octanol–water partition coefficient (Wildman–Crippen LogP) is 2.00. The third kappa shape index (κ3) is 3.97. The molecule has 1 N–H and O–H groups in total. The average Bonchev–Trinajstić information content (AvgIpc) is 2.48. The first-order valence-corrected chi connectivity index (χ1v) is 6.66. The van der Waals surface area contributed by atoms with Gasteiger partial charge in [0, 0.05) is 44.8 Å². The van der Waals surface area contributed by atoms with E-state index in [4.69, 9.17) is 6.42 Å². The number of halogens is 1. The molecule has 0 atom stereocenters. The fourth-order valence-corrected chi connectivity index (χ4v) is 2.13. The van der Waals surface area contributed by atoms with E-state index in [1.807, 2.05) is 0 Å². The minimum Gasteiger partial charge on any atom is -0.322 e. The zero-order valence-electron chi connectivity index (χ0n) is 11.3. The fraction of sp³-hybridized carbons (Fsp3) is 0.400. The van der Waals surface area contributed by atoms with Crippen LogP contribution in [0.4, 0.5) is 14.9 Å². The van der Waals surface area contributed by atoms with Gasteiger partial charge in [-0.2, -0.15) is 0 Å². The lowest BCUT2D eigenvalue weighted by Crippen LogP contribution is -2.50. The Hall–Kier alpha value is -2.06. The van der Waals surface area contributed by atoms with Crippen molar-refractivity contribution in [2.75, 3.05) is 38.0 Å². The number of nitrogens with zero attached hydrogens (tertiary/aromatic N) is 2. The molecule has 0 aliphatic carbocycles. The molecule has 1 aliphatic heterocycles. The summed E-state index contributed by atoms with van der Waals surface area (Å²) in [5.41, 5.74) is 0.603. The third-order valence-electron chi connectivity index (χ3n) is 3.33. The van der Waals surface area contributed by atoms with Crippen LogP contribution >= 0.6 is 0 Å². The van der Waals surface area contributed by atoms with Gasteiger partial charge in [-0.25, -0.2) is 9.18 Å². The van der Waals surface area contributed by atoms with Crippen molar-refractivity contribution in [3.8, 4) is 12.3 Å². The van der Waals surface area contributed by atoms with Crippen LogP contribution in [0.15, 0.2) is 24.3 Å². The monoisotopic (exact) mass is 275 g/mol. The van der Waals surface area contributed by atoms with E-state index in [2.05, 4.69) is 16.1 Å². The van der Waals surface area contributed by atoms with Crippen LogP contribution in [0, 0.1) is 18.2 Å². The highest BCUT2D eigenvalue weighted by Crippen LogP contribution is 2.10. The van der Waals surface area contributed by atoms with Crippen molar-refractivity contribution in [1.29, 1.82) is 0 Å². The van der Waals surface area contributed by atoms with E-state index in [-0.39, 0.29) is 11.8 Å². The number of carbonyl (C=O) groups is 1. The molecule has 0 radical (unpaired) electrons. The fourth-order valence-electron chi connectivity index (χ4n) is 2.13. The van der Waals surface area contributed by atoms with Gasteiger partial charge in [0.2, 0.25) is 0 Å². The zero-order chi connectivity index (χ0) is 14.4. The molecule has 2 rings (SSSR count). The molecule has 0 unspecified atom stereocenters. The second kappa shape index (κ2) is 6.92. The number of piperazine rings is 1. The Labute approximate surface area is 118 Å². The zero-order valence-corrected chi connectivity index (χ0v) is 11.3. The van der Waals surface area contributed by atoms with Gasteiger partial charge in [-0.3, -0.25) is 4.90 Å². The first kappa shape index (κ1) is 14.4. The second-order valence-corrected chi connectivity index (χ2v) is 4.72. The summed E-state index contributed by atoms with van der Waals surface area (Å²) < 4.78 is 12.8. The lowest BCUT2D eigenvalue weighted by molar-refractivity contribution is 0.149. The maximum absolute atomic E-state index is 12.8. The number of benzene rings is 1. The maximum Gasteiger partial charge on any atom is 0.321 e. The highest BCUT2D eigenvalue weighted by molar-refractivity contribution is 5.89. The van der Waals surface area contributed by atoms with Crippen LogP contribution in [0.5, 0.6) is 0 Å². The molecule has 5 heteroatoms. The van der Waals surface area contributed by atoms with Crippen LogP contribution in [0.25, 0.3) is 0 Å². The van der Waals surface area contributed by atoms with E-state index in [0.29, 0.717) is 18.8 Å². The molecule has 20 heavy (non-hydrogen) atoms. The second-order valence-electron chi connectivity index (χ2n) is 4.72. The van der Waals surface area contributed by atoms with Crippen LogP contribution in [-0.2, 0) is 0 Å². The minimum absolute atomic E-state index is 0.145. The number of terminal acetylenes is 1. The molecule has 1 aliphatic rings. The Morgan fingerprint density at radius 1 is 1.25 bits per heavy atom. The summed E-state index contributed by atoms with van der Waals surface area (Å²) in [5.74, 6) is 2.31. The molecule has 1 heterocycles. The molecule has 2 amide bonds. The molecule has 1 fully saturated rings. The van der Waals surface area contributed by atoms with Gasteiger partial charge in [0.1, 0.15) is 5.82 Å². The Morgan fingerprint density at radius 2 is 1.90 bits per heavy atom. The van der Waals surface area contributed by atoms with Crippen molar-refractivity contribution in [2.45, 2.75) is 6.42 Å². The van der Waals surface area contributed by atoms with Crippen LogP contribution in [0.2, 0.25) is 0 Å². The van der Waals surface area contributed by atoms with Gasteiger partial charge in [0.25, 0.3) is 0 Å². The van der Waals surface area contributed by atoms with Crippen molar-refractivity contribution in [3.63, 3.8) is 0 Å². The standard InChI is InChI=1S/C15H18FN3O/c1-2-3-8-18-9-11-19(12-10-18)15(20)17-14-6-4-13(16)5-7-14/h1,4-7H,3,8-12H2,(H,17,20). The summed E-state index contributed by atoms with van der Waals surface area (Å²) in [4.78, 5) is 16.1. The van der Waals surface area contributed by atoms with Gasteiger partial charge >= 0.3 is 6.03 Å². The Balaban J connectivity index is 1.80. The Morgan fingerprint density at radius 3 is 2.50 bits per heavy atom. The van der Waals surface area contributed by atoms with Crippen molar-refractivity contribution >= 4 is 11.7 Å². The van der Waals surface area contributed by atoms with Crippen LogP contribution < -0.4 is 5.32 Å². The van der Waals surface area contributed by atoms with Crippen molar-refractivity contribution in [2.24, 2.45) is 0 Å². The number of urea groups is 1. The summed E-state index contributed by atoms with van der Waals surface area (Å²) in [7, 11) is 0. The number of nitrogens with one attached hydrogen (secondary N) is 1. The van der Waals surface area contributed by atoms with Crippen molar-refractivity contribution in [3.05, 3.63) is 30.1 Å². The van der Waals surface area contributed by atoms with E-state index in [1.54, 1.807) is 17.0 Å². The molecule has 4 nitrogen and oxygen atoms in total. The van der Waals surface area contributed by atoms with Crippen molar-refractivity contribution < 1.29 is 9.18 Å². The summed E-state index contributed by atoms with van der Waals surface area (Å²) >= 11 is 0. The highest BCUT2D eigenvalue weighted by Gasteiger charge is 2.20. The molecule has 0 aromatic heterocycles. The predicted molar refractivity (Wildman–Crippen MR) is 76.9 cm³/mol. The average molecular weight is 275 g/mol. The van der Waals surface area contributed by atoms with Gasteiger partial charge in [-0.1, -0.05) is 0 Å². The van der Waals surface area contributed by atoms with Gasteiger partial charge in [-0.15, -0.1) is 12.3 Å². The summed E-state index contributed by atoms with van der Waals surface area (Å²) in [6, 6.07) is 5.61. The number of rotatable bonds is 3. The lowest BCUT2D eigenvalue weighted by Gasteiger charge is -2.34. The molecule has 106 valence electrons. The first-order valence-electron chi connectivity index (χ1n) is 6.66. The largest absolute Gasteiger partial charge is 0.322 e. The Bertz CT molecular complexity index is 487. The summed E-state index contributed by atoms with van der Waals surface area (Å²) in [6.07, 6.45) is 5.98. The lowest BCUT2D eigenvalue weighted by atomic mass is 10.3. The maximum atomic E-state index is 12.8. The molecular weight excluding hydrogens is 257 g/mol. The molecule has 1 aromatic carbocycles. The number of hydrogen-bond donors (Lipinski definition) is 1. The smallest absolute Gasteiger partial charge is 0.321 e. The SMILES string of the molecule is C#CCCN1CCN(C(=O)Nc2ccc(F)cc2)CC1. The number of hydrogen-bond acceptors (Lipinski definition) is 2. The van der Waals surface area contributed by atoms with E-state index in [1.165, 1.54) is 12.1 Å². The number of amides is 2. The van der Waals surface area contributed by atoms with Crippen LogP contribution in [-0.4, -0.2) is 48.6 Å². The van der Waals surface area contributed by atoms with Crippen LogP contribution in [0.3, 0.4) is 0 Å². The summed E-state index contributed by atoms with van der Waals surface area (Å²) in [5, 5.41) is 2.77. The van der Waals surface area contributed by atoms with Gasteiger partial charge in [0.15, 0.2) is 0 Å². The van der Waals surface area contributed by atoms with Crippen LogP contribution in [0.1, 0.15) is 6.42 Å². The van der Waals surface area contributed by atoms with Gasteiger partial charge in [0.05, 0.1) is 0 Å². The van der Waals surface area contributed by atoms with Gasteiger partial charge < -0.3 is 10.2 Å².